The third kappa shape index (κ3) is 5.42. The number of likely N-dealkylation sites (N-methyl/N-ethyl adjacent to an activating group) is 1. The molecular formula is C22H35IN2O4. The van der Waals surface area contributed by atoms with Crippen LogP contribution in [0.15, 0.2) is 0 Å². The number of nitrogens with zero attached hydrogens (tertiary/aromatic N) is 1. The van der Waals surface area contributed by atoms with Crippen molar-refractivity contribution in [3.63, 3.8) is 0 Å². The second-order valence-corrected chi connectivity index (χ2v) is 9.11. The Morgan fingerprint density at radius 2 is 1.76 bits per heavy atom. The first-order valence-electron chi connectivity index (χ1n) is 9.87. The van der Waals surface area contributed by atoms with Gasteiger partial charge in [-0.25, -0.2) is 0 Å². The highest BCUT2D eigenvalue weighted by Gasteiger charge is 2.41. The SMILES string of the molecule is CC(=O)Oc1c(C)c(C)c2c(c1C)CCC(C)(C(=O)NCC(C)[N+](C)(C)C)O2.[I-]. The number of rotatable bonds is 5. The Labute approximate surface area is 191 Å². The first-order chi connectivity index (χ1) is 12.8. The van der Waals surface area contributed by atoms with E-state index in [-0.39, 0.29) is 35.9 Å². The third-order valence-corrected chi connectivity index (χ3v) is 6.10. The van der Waals surface area contributed by atoms with Crippen molar-refractivity contribution in [2.24, 2.45) is 0 Å². The van der Waals surface area contributed by atoms with Crippen LogP contribution in [-0.4, -0.2) is 55.7 Å². The molecule has 1 aromatic carbocycles. The Balaban J connectivity index is 0.00000420. The smallest absolute Gasteiger partial charge is 0.308 e. The predicted molar refractivity (Wildman–Crippen MR) is 110 cm³/mol. The van der Waals surface area contributed by atoms with Crippen LogP contribution in [0.3, 0.4) is 0 Å². The third-order valence-electron chi connectivity index (χ3n) is 6.10. The van der Waals surface area contributed by atoms with Gasteiger partial charge in [-0.05, 0) is 57.7 Å². The van der Waals surface area contributed by atoms with Crippen molar-refractivity contribution in [1.82, 2.24) is 5.32 Å². The predicted octanol–water partition coefficient (Wildman–Crippen LogP) is -0.164. The molecule has 7 heteroatoms. The quantitative estimate of drug-likeness (QED) is 0.255. The van der Waals surface area contributed by atoms with Gasteiger partial charge in [-0.2, -0.15) is 0 Å². The lowest BCUT2D eigenvalue weighted by molar-refractivity contribution is -0.892. The van der Waals surface area contributed by atoms with E-state index < -0.39 is 5.60 Å². The monoisotopic (exact) mass is 518 g/mol. The van der Waals surface area contributed by atoms with E-state index in [4.69, 9.17) is 9.47 Å². The molecule has 1 aliphatic rings. The molecule has 0 radical (unpaired) electrons. The molecule has 29 heavy (non-hydrogen) atoms. The topological polar surface area (TPSA) is 64.6 Å². The van der Waals surface area contributed by atoms with Gasteiger partial charge in [-0.1, -0.05) is 0 Å². The molecule has 1 aliphatic heterocycles. The van der Waals surface area contributed by atoms with Gasteiger partial charge in [0.15, 0.2) is 5.60 Å². The highest BCUT2D eigenvalue weighted by atomic mass is 127. The first kappa shape index (κ1) is 25.7. The molecule has 1 amide bonds. The van der Waals surface area contributed by atoms with Gasteiger partial charge in [0.05, 0.1) is 27.7 Å². The number of halogens is 1. The maximum atomic E-state index is 12.9. The zero-order valence-corrected chi connectivity index (χ0v) is 21.3. The molecule has 1 N–H and O–H groups in total. The van der Waals surface area contributed by atoms with E-state index in [1.165, 1.54) is 6.92 Å². The van der Waals surface area contributed by atoms with Gasteiger partial charge in [0, 0.05) is 18.9 Å². The fourth-order valence-electron chi connectivity index (χ4n) is 3.39. The van der Waals surface area contributed by atoms with Crippen LogP contribution in [-0.2, 0) is 16.0 Å². The van der Waals surface area contributed by atoms with E-state index in [1.807, 2.05) is 27.7 Å². The fourth-order valence-corrected chi connectivity index (χ4v) is 3.39. The molecular weight excluding hydrogens is 483 g/mol. The van der Waals surface area contributed by atoms with Crippen LogP contribution in [0.25, 0.3) is 0 Å². The standard InChI is InChI=1S/C22H34N2O4.HI/c1-13(24(7,8)9)12-23-21(26)22(6)11-10-18-16(4)19(27-17(5)25)14(2)15(3)20(18)28-22;/h13H,10-12H2,1-9H3;1H. The Bertz CT molecular complexity index is 801. The molecule has 0 aliphatic carbocycles. The second-order valence-electron chi connectivity index (χ2n) is 9.11. The van der Waals surface area contributed by atoms with Crippen molar-refractivity contribution >= 4 is 11.9 Å². The zero-order valence-electron chi connectivity index (χ0n) is 19.2. The summed E-state index contributed by atoms with van der Waals surface area (Å²) in [6.45, 7) is 11.8. The van der Waals surface area contributed by atoms with Crippen molar-refractivity contribution in [3.05, 3.63) is 22.3 Å². The number of hydrogen-bond donors (Lipinski definition) is 1. The number of nitrogens with one attached hydrogen (secondary N) is 1. The number of ether oxygens (including phenoxy) is 2. The molecule has 6 nitrogen and oxygen atoms in total. The summed E-state index contributed by atoms with van der Waals surface area (Å²) in [6, 6.07) is 0.293. The molecule has 0 bridgehead atoms. The minimum atomic E-state index is -0.913. The average molecular weight is 518 g/mol. The van der Waals surface area contributed by atoms with Gasteiger partial charge in [0.2, 0.25) is 0 Å². The van der Waals surface area contributed by atoms with E-state index in [0.29, 0.717) is 31.2 Å². The summed E-state index contributed by atoms with van der Waals surface area (Å²) in [5, 5.41) is 3.07. The molecule has 1 aromatic rings. The van der Waals surface area contributed by atoms with Crippen LogP contribution in [0.1, 0.15) is 49.4 Å². The van der Waals surface area contributed by atoms with E-state index in [1.54, 1.807) is 0 Å². The van der Waals surface area contributed by atoms with Crippen LogP contribution in [0, 0.1) is 20.8 Å². The number of hydrogen-bond acceptors (Lipinski definition) is 4. The van der Waals surface area contributed by atoms with Crippen molar-refractivity contribution in [2.45, 2.75) is 66.0 Å². The Hall–Kier alpha value is -1.35. The van der Waals surface area contributed by atoms with Crippen molar-refractivity contribution in [3.8, 4) is 11.5 Å². The largest absolute Gasteiger partial charge is 1.00 e. The summed E-state index contributed by atoms with van der Waals surface area (Å²) < 4.78 is 12.5. The number of fused-ring (bicyclic) bond motifs is 1. The molecule has 2 atom stereocenters. The van der Waals surface area contributed by atoms with E-state index >= 15 is 0 Å². The van der Waals surface area contributed by atoms with E-state index in [0.717, 1.165) is 32.5 Å². The molecule has 0 aromatic heterocycles. The minimum absolute atomic E-state index is 0. The Morgan fingerprint density at radius 1 is 1.17 bits per heavy atom. The van der Waals surface area contributed by atoms with Gasteiger partial charge in [0.25, 0.3) is 5.91 Å². The summed E-state index contributed by atoms with van der Waals surface area (Å²) in [5.41, 5.74) is 2.80. The lowest BCUT2D eigenvalue weighted by Crippen LogP contribution is -3.00. The van der Waals surface area contributed by atoms with Crippen LogP contribution in [0.4, 0.5) is 0 Å². The molecule has 2 unspecified atom stereocenters. The van der Waals surface area contributed by atoms with Gasteiger partial charge in [0.1, 0.15) is 17.5 Å². The molecule has 164 valence electrons. The normalized spacial score (nSPS) is 19.3. The van der Waals surface area contributed by atoms with Gasteiger partial charge >= 0.3 is 5.97 Å². The second kappa shape index (κ2) is 9.20. The van der Waals surface area contributed by atoms with Gasteiger partial charge < -0.3 is 43.3 Å². The number of amides is 1. The molecule has 0 spiro atoms. The zero-order chi connectivity index (χ0) is 21.4. The van der Waals surface area contributed by atoms with Crippen molar-refractivity contribution in [2.75, 3.05) is 27.7 Å². The molecule has 0 saturated heterocycles. The number of carbonyl (C=O) groups excluding carboxylic acids is 2. The van der Waals surface area contributed by atoms with E-state index in [9.17, 15) is 9.59 Å². The van der Waals surface area contributed by atoms with Gasteiger partial charge in [-0.3, -0.25) is 9.59 Å². The highest BCUT2D eigenvalue weighted by Crippen LogP contribution is 2.43. The lowest BCUT2D eigenvalue weighted by Gasteiger charge is -2.38. The van der Waals surface area contributed by atoms with Crippen LogP contribution in [0.2, 0.25) is 0 Å². The summed E-state index contributed by atoms with van der Waals surface area (Å²) in [4.78, 5) is 24.4. The maximum Gasteiger partial charge on any atom is 0.308 e. The van der Waals surface area contributed by atoms with Crippen molar-refractivity contribution < 1.29 is 47.5 Å². The molecule has 0 fully saturated rings. The Kier molecular flexibility index (Phi) is 8.15. The number of benzene rings is 1. The highest BCUT2D eigenvalue weighted by molar-refractivity contribution is 5.86. The molecule has 2 rings (SSSR count). The number of carbonyl (C=O) groups is 2. The maximum absolute atomic E-state index is 12.9. The van der Waals surface area contributed by atoms with Gasteiger partial charge in [-0.15, -0.1) is 0 Å². The van der Waals surface area contributed by atoms with Crippen LogP contribution in [0.5, 0.6) is 11.5 Å². The summed E-state index contributed by atoms with van der Waals surface area (Å²) in [6.07, 6.45) is 1.28. The molecule has 1 heterocycles. The lowest BCUT2D eigenvalue weighted by atomic mass is 9.86. The number of esters is 1. The summed E-state index contributed by atoms with van der Waals surface area (Å²) >= 11 is 0. The minimum Gasteiger partial charge on any atom is -1.00 e. The van der Waals surface area contributed by atoms with Crippen molar-refractivity contribution in [1.29, 1.82) is 0 Å². The fraction of sp³-hybridized carbons (Fsp3) is 0.636. The Morgan fingerprint density at radius 3 is 2.28 bits per heavy atom. The van der Waals surface area contributed by atoms with Crippen LogP contribution >= 0.6 is 0 Å². The molecule has 0 saturated carbocycles. The van der Waals surface area contributed by atoms with E-state index in [2.05, 4.69) is 33.4 Å². The average Bonchev–Trinajstić information content (AvgIpc) is 2.59. The number of quaternary nitrogens is 1. The van der Waals surface area contributed by atoms with Crippen LogP contribution < -0.4 is 38.8 Å². The summed E-state index contributed by atoms with van der Waals surface area (Å²) in [7, 11) is 6.34. The summed E-state index contributed by atoms with van der Waals surface area (Å²) in [5.74, 6) is 0.932. The first-order valence-corrected chi connectivity index (χ1v) is 9.87.